The number of nitrogens with zero attached hydrogens (tertiary/aromatic N) is 2. The zero-order valence-electron chi connectivity index (χ0n) is 15.0. The van der Waals surface area contributed by atoms with Crippen LogP contribution in [0.25, 0.3) is 0 Å². The average molecular weight is 373 g/mol. The molecular formula is C18H19N3O6. The van der Waals surface area contributed by atoms with Gasteiger partial charge in [-0.25, -0.2) is 4.79 Å². The quantitative estimate of drug-likeness (QED) is 0.412. The third-order valence-electron chi connectivity index (χ3n) is 3.37. The predicted molar refractivity (Wildman–Crippen MR) is 100 cm³/mol. The lowest BCUT2D eigenvalue weighted by molar-refractivity contribution is -0.386. The molecular weight excluding hydrogens is 354 g/mol. The van der Waals surface area contributed by atoms with Gasteiger partial charge < -0.3 is 14.6 Å². The minimum Gasteiger partial charge on any atom is -0.493 e. The molecule has 2 N–H and O–H groups in total. The Morgan fingerprint density at radius 2 is 1.96 bits per heavy atom. The fourth-order valence-corrected chi connectivity index (χ4v) is 2.19. The zero-order chi connectivity index (χ0) is 20.0. The summed E-state index contributed by atoms with van der Waals surface area (Å²) in [4.78, 5) is 21.6. The van der Waals surface area contributed by atoms with E-state index in [0.717, 1.165) is 0 Å². The fourth-order valence-electron chi connectivity index (χ4n) is 2.19. The minimum atomic E-state index is -1.02. The van der Waals surface area contributed by atoms with Gasteiger partial charge in [-0.3, -0.25) is 15.5 Å². The van der Waals surface area contributed by atoms with Gasteiger partial charge in [0, 0.05) is 11.6 Å². The van der Waals surface area contributed by atoms with Gasteiger partial charge >= 0.3 is 11.7 Å². The van der Waals surface area contributed by atoms with Crippen LogP contribution in [0.2, 0.25) is 0 Å². The number of benzene rings is 2. The molecule has 0 aliphatic carbocycles. The molecule has 0 saturated carbocycles. The Hall–Kier alpha value is -3.62. The van der Waals surface area contributed by atoms with Crippen LogP contribution in [-0.4, -0.2) is 35.4 Å². The number of nitro benzene ring substituents is 1. The van der Waals surface area contributed by atoms with Crippen LogP contribution in [0.3, 0.4) is 0 Å². The third-order valence-corrected chi connectivity index (χ3v) is 3.37. The monoisotopic (exact) mass is 373 g/mol. The van der Waals surface area contributed by atoms with Gasteiger partial charge in [0.15, 0.2) is 5.75 Å². The summed E-state index contributed by atoms with van der Waals surface area (Å²) in [6, 6.07) is 8.90. The van der Waals surface area contributed by atoms with Gasteiger partial charge in [0.1, 0.15) is 0 Å². The number of nitro groups is 1. The van der Waals surface area contributed by atoms with Crippen molar-refractivity contribution in [1.29, 1.82) is 0 Å². The molecule has 0 unspecified atom stereocenters. The molecule has 9 nitrogen and oxygen atoms in total. The molecule has 0 aromatic heterocycles. The van der Waals surface area contributed by atoms with Gasteiger partial charge in [0.2, 0.25) is 5.75 Å². The van der Waals surface area contributed by atoms with Crippen LogP contribution < -0.4 is 14.9 Å². The summed E-state index contributed by atoms with van der Waals surface area (Å²) in [5.74, 6) is -0.731. The minimum absolute atomic E-state index is 0.0619. The number of ether oxygens (including phenoxy) is 2. The van der Waals surface area contributed by atoms with E-state index >= 15 is 0 Å². The third kappa shape index (κ3) is 5.18. The molecule has 9 heteroatoms. The SMILES string of the molecule is COc1cc(C=NNc2ccc(C(=O)O)cc2)cc([N+](=O)[O-])c1OC(C)C. The summed E-state index contributed by atoms with van der Waals surface area (Å²) in [6.45, 7) is 3.52. The lowest BCUT2D eigenvalue weighted by Crippen LogP contribution is -2.09. The van der Waals surface area contributed by atoms with Gasteiger partial charge in [-0.1, -0.05) is 0 Å². The van der Waals surface area contributed by atoms with Crippen molar-refractivity contribution in [1.82, 2.24) is 0 Å². The molecule has 2 aromatic rings. The topological polar surface area (TPSA) is 123 Å². The lowest BCUT2D eigenvalue weighted by atomic mass is 10.2. The van der Waals surface area contributed by atoms with Gasteiger partial charge in [-0.15, -0.1) is 0 Å². The molecule has 0 atom stereocenters. The first-order chi connectivity index (χ1) is 12.8. The Kier molecular flexibility index (Phi) is 6.32. The number of carboxylic acid groups (broad SMARTS) is 1. The predicted octanol–water partition coefficient (Wildman–Crippen LogP) is 3.53. The molecule has 0 aliphatic heterocycles. The average Bonchev–Trinajstić information content (AvgIpc) is 2.62. The van der Waals surface area contributed by atoms with Crippen molar-refractivity contribution in [2.75, 3.05) is 12.5 Å². The van der Waals surface area contributed by atoms with Crippen LogP contribution >= 0.6 is 0 Å². The summed E-state index contributed by atoms with van der Waals surface area (Å²) in [5, 5.41) is 24.2. The number of nitrogens with one attached hydrogen (secondary N) is 1. The Labute approximate surface area is 155 Å². The number of rotatable bonds is 8. The number of aromatic carboxylic acids is 1. The van der Waals surface area contributed by atoms with Crippen molar-refractivity contribution in [2.45, 2.75) is 20.0 Å². The van der Waals surface area contributed by atoms with Crippen molar-refractivity contribution in [3.8, 4) is 11.5 Å². The van der Waals surface area contributed by atoms with E-state index in [-0.39, 0.29) is 28.9 Å². The standard InChI is InChI=1S/C18H19N3O6/c1-11(2)27-17-15(21(24)25)8-12(9-16(17)26-3)10-19-20-14-6-4-13(5-7-14)18(22)23/h4-11,20H,1-3H3,(H,22,23). The molecule has 2 rings (SSSR count). The number of carboxylic acids is 1. The van der Waals surface area contributed by atoms with E-state index in [2.05, 4.69) is 10.5 Å². The summed E-state index contributed by atoms with van der Waals surface area (Å²) >= 11 is 0. The van der Waals surface area contributed by atoms with E-state index in [1.54, 1.807) is 32.0 Å². The summed E-state index contributed by atoms with van der Waals surface area (Å²) in [7, 11) is 1.40. The molecule has 0 heterocycles. The molecule has 0 amide bonds. The Bertz CT molecular complexity index is 862. The molecule has 0 saturated heterocycles. The highest BCUT2D eigenvalue weighted by Crippen LogP contribution is 2.38. The van der Waals surface area contributed by atoms with E-state index < -0.39 is 10.9 Å². The summed E-state index contributed by atoms with van der Waals surface area (Å²) in [5.41, 5.74) is 3.66. The molecule has 0 spiro atoms. The van der Waals surface area contributed by atoms with Crippen molar-refractivity contribution in [2.24, 2.45) is 5.10 Å². The van der Waals surface area contributed by atoms with E-state index in [4.69, 9.17) is 14.6 Å². The Balaban J connectivity index is 2.24. The van der Waals surface area contributed by atoms with Crippen LogP contribution in [0.15, 0.2) is 41.5 Å². The highest BCUT2D eigenvalue weighted by Gasteiger charge is 2.22. The second-order valence-electron chi connectivity index (χ2n) is 5.75. The Morgan fingerprint density at radius 3 is 2.48 bits per heavy atom. The molecule has 142 valence electrons. The number of hydrogen-bond donors (Lipinski definition) is 2. The number of methoxy groups -OCH3 is 1. The Morgan fingerprint density at radius 1 is 1.30 bits per heavy atom. The van der Waals surface area contributed by atoms with Crippen molar-refractivity contribution in [3.05, 3.63) is 57.6 Å². The van der Waals surface area contributed by atoms with Gasteiger partial charge in [0.05, 0.1) is 35.6 Å². The smallest absolute Gasteiger partial charge is 0.335 e. The van der Waals surface area contributed by atoms with E-state index in [0.29, 0.717) is 11.3 Å². The van der Waals surface area contributed by atoms with Crippen LogP contribution in [0.5, 0.6) is 11.5 Å². The normalized spacial score (nSPS) is 10.8. The lowest BCUT2D eigenvalue weighted by Gasteiger charge is -2.14. The fraction of sp³-hybridized carbons (Fsp3) is 0.222. The summed E-state index contributed by atoms with van der Waals surface area (Å²) in [6.07, 6.45) is 1.13. The zero-order valence-corrected chi connectivity index (χ0v) is 15.0. The second kappa shape index (κ2) is 8.65. The number of hydrogen-bond acceptors (Lipinski definition) is 7. The van der Waals surface area contributed by atoms with Gasteiger partial charge in [-0.05, 0) is 44.2 Å². The summed E-state index contributed by atoms with van der Waals surface area (Å²) < 4.78 is 10.7. The highest BCUT2D eigenvalue weighted by atomic mass is 16.6. The molecule has 27 heavy (non-hydrogen) atoms. The highest BCUT2D eigenvalue weighted by molar-refractivity contribution is 5.88. The van der Waals surface area contributed by atoms with Gasteiger partial charge in [0.25, 0.3) is 0 Å². The maximum atomic E-state index is 11.4. The van der Waals surface area contributed by atoms with Crippen molar-refractivity contribution >= 4 is 23.6 Å². The van der Waals surface area contributed by atoms with Crippen LogP contribution in [0.1, 0.15) is 29.8 Å². The first-order valence-corrected chi connectivity index (χ1v) is 7.97. The van der Waals surface area contributed by atoms with Crippen molar-refractivity contribution in [3.63, 3.8) is 0 Å². The van der Waals surface area contributed by atoms with E-state index in [1.165, 1.54) is 31.5 Å². The molecule has 0 radical (unpaired) electrons. The number of carbonyl (C=O) groups is 1. The van der Waals surface area contributed by atoms with Gasteiger partial charge in [-0.2, -0.15) is 5.10 Å². The maximum absolute atomic E-state index is 11.4. The molecule has 0 fully saturated rings. The van der Waals surface area contributed by atoms with Crippen LogP contribution in [-0.2, 0) is 0 Å². The molecule has 0 bridgehead atoms. The first kappa shape index (κ1) is 19.7. The van der Waals surface area contributed by atoms with Crippen LogP contribution in [0, 0.1) is 10.1 Å². The second-order valence-corrected chi connectivity index (χ2v) is 5.75. The van der Waals surface area contributed by atoms with Crippen LogP contribution in [0.4, 0.5) is 11.4 Å². The van der Waals surface area contributed by atoms with Crippen molar-refractivity contribution < 1.29 is 24.3 Å². The van der Waals surface area contributed by atoms with E-state index in [9.17, 15) is 14.9 Å². The molecule has 0 aliphatic rings. The first-order valence-electron chi connectivity index (χ1n) is 7.97. The molecule has 2 aromatic carbocycles. The number of hydrazone groups is 1. The number of anilines is 1. The maximum Gasteiger partial charge on any atom is 0.335 e. The largest absolute Gasteiger partial charge is 0.493 e. The van der Waals surface area contributed by atoms with E-state index in [1.807, 2.05) is 0 Å².